The van der Waals surface area contributed by atoms with E-state index < -0.39 is 0 Å². The van der Waals surface area contributed by atoms with Gasteiger partial charge in [0.2, 0.25) is 0 Å². The van der Waals surface area contributed by atoms with E-state index >= 15 is 0 Å². The molecule has 0 saturated carbocycles. The fourth-order valence-corrected chi connectivity index (χ4v) is 3.15. The number of para-hydroxylation sites is 1. The fraction of sp³-hybridized carbons (Fsp3) is 0.333. The molecule has 3 heteroatoms. The molecule has 0 fully saturated rings. The first-order valence-corrected chi connectivity index (χ1v) is 7.52. The average Bonchev–Trinajstić information content (AvgIpc) is 2.90. The standard InChI is InChI=1S/C18H23N3/c1-20-11-10-15-12-14(8-9-17(15)20)18(13-19)21(2)16-6-4-3-5-7-16/h3-9,12,18H,10-11,13,19H2,1-2H3. The smallest absolute Gasteiger partial charge is 0.0661 e. The maximum absolute atomic E-state index is 6.06. The number of nitrogens with two attached hydrogens (primary N) is 1. The second-order valence-electron chi connectivity index (χ2n) is 5.76. The average molecular weight is 281 g/mol. The maximum atomic E-state index is 6.06. The Balaban J connectivity index is 1.90. The highest BCUT2D eigenvalue weighted by molar-refractivity contribution is 5.59. The van der Waals surface area contributed by atoms with E-state index in [0.717, 1.165) is 13.0 Å². The monoisotopic (exact) mass is 281 g/mol. The van der Waals surface area contributed by atoms with E-state index in [9.17, 15) is 0 Å². The highest BCUT2D eigenvalue weighted by Gasteiger charge is 2.20. The van der Waals surface area contributed by atoms with Crippen molar-refractivity contribution in [2.75, 3.05) is 37.0 Å². The highest BCUT2D eigenvalue weighted by Crippen LogP contribution is 2.31. The topological polar surface area (TPSA) is 32.5 Å². The summed E-state index contributed by atoms with van der Waals surface area (Å²) in [6.07, 6.45) is 1.13. The first kappa shape index (κ1) is 14.0. The van der Waals surface area contributed by atoms with Gasteiger partial charge in [-0.3, -0.25) is 0 Å². The van der Waals surface area contributed by atoms with Crippen molar-refractivity contribution >= 4 is 11.4 Å². The van der Waals surface area contributed by atoms with Crippen molar-refractivity contribution in [3.8, 4) is 0 Å². The molecule has 3 nitrogen and oxygen atoms in total. The van der Waals surface area contributed by atoms with Gasteiger partial charge in [0.1, 0.15) is 0 Å². The fourth-order valence-electron chi connectivity index (χ4n) is 3.15. The Labute approximate surface area is 127 Å². The van der Waals surface area contributed by atoms with Crippen LogP contribution in [0.15, 0.2) is 48.5 Å². The molecule has 2 aromatic rings. The van der Waals surface area contributed by atoms with Gasteiger partial charge in [0.25, 0.3) is 0 Å². The van der Waals surface area contributed by atoms with Crippen LogP contribution in [0.5, 0.6) is 0 Å². The number of likely N-dealkylation sites (N-methyl/N-ethyl adjacent to an activating group) is 2. The third-order valence-electron chi connectivity index (χ3n) is 4.47. The van der Waals surface area contributed by atoms with E-state index in [2.05, 4.69) is 66.4 Å². The predicted octanol–water partition coefficient (Wildman–Crippen LogP) is 2.82. The number of rotatable bonds is 4. The number of anilines is 2. The van der Waals surface area contributed by atoms with E-state index in [4.69, 9.17) is 5.73 Å². The van der Waals surface area contributed by atoms with Crippen LogP contribution < -0.4 is 15.5 Å². The Kier molecular flexibility index (Phi) is 3.84. The minimum absolute atomic E-state index is 0.212. The van der Waals surface area contributed by atoms with Crippen molar-refractivity contribution in [1.82, 2.24) is 0 Å². The van der Waals surface area contributed by atoms with Crippen LogP contribution in [0.1, 0.15) is 17.2 Å². The van der Waals surface area contributed by atoms with Crippen molar-refractivity contribution in [3.05, 3.63) is 59.7 Å². The molecule has 0 aromatic heterocycles. The molecule has 0 bridgehead atoms. The second-order valence-corrected chi connectivity index (χ2v) is 5.76. The molecule has 1 aliphatic rings. The largest absolute Gasteiger partial charge is 0.374 e. The quantitative estimate of drug-likeness (QED) is 0.935. The lowest BCUT2D eigenvalue weighted by Crippen LogP contribution is -2.30. The zero-order chi connectivity index (χ0) is 14.8. The summed E-state index contributed by atoms with van der Waals surface area (Å²) < 4.78 is 0. The first-order valence-electron chi connectivity index (χ1n) is 7.52. The number of benzene rings is 2. The molecular formula is C18H23N3. The third-order valence-corrected chi connectivity index (χ3v) is 4.47. The molecule has 0 radical (unpaired) electrons. The summed E-state index contributed by atoms with van der Waals surface area (Å²) >= 11 is 0. The van der Waals surface area contributed by atoms with Crippen LogP contribution >= 0.6 is 0 Å². The maximum Gasteiger partial charge on any atom is 0.0661 e. The summed E-state index contributed by atoms with van der Waals surface area (Å²) in [4.78, 5) is 4.58. The molecule has 1 unspecified atom stereocenters. The van der Waals surface area contributed by atoms with Crippen LogP contribution in [0.2, 0.25) is 0 Å². The molecule has 21 heavy (non-hydrogen) atoms. The van der Waals surface area contributed by atoms with E-state index in [1.54, 1.807) is 0 Å². The van der Waals surface area contributed by atoms with E-state index in [-0.39, 0.29) is 6.04 Å². The van der Waals surface area contributed by atoms with E-state index in [1.807, 2.05) is 6.07 Å². The molecule has 110 valence electrons. The zero-order valence-electron chi connectivity index (χ0n) is 12.8. The van der Waals surface area contributed by atoms with Crippen LogP contribution in [0.3, 0.4) is 0 Å². The van der Waals surface area contributed by atoms with Crippen molar-refractivity contribution < 1.29 is 0 Å². The molecule has 0 amide bonds. The Hall–Kier alpha value is -2.00. The molecule has 0 spiro atoms. The van der Waals surface area contributed by atoms with Gasteiger partial charge in [-0.2, -0.15) is 0 Å². The van der Waals surface area contributed by atoms with E-state index in [1.165, 1.54) is 22.5 Å². The van der Waals surface area contributed by atoms with Crippen molar-refractivity contribution in [2.24, 2.45) is 5.73 Å². The highest BCUT2D eigenvalue weighted by atomic mass is 15.1. The van der Waals surface area contributed by atoms with Gasteiger partial charge < -0.3 is 15.5 Å². The van der Waals surface area contributed by atoms with Crippen molar-refractivity contribution in [1.29, 1.82) is 0 Å². The molecule has 0 saturated heterocycles. The lowest BCUT2D eigenvalue weighted by Gasteiger charge is -2.30. The molecule has 1 aliphatic heterocycles. The predicted molar refractivity (Wildman–Crippen MR) is 90.1 cm³/mol. The van der Waals surface area contributed by atoms with Gasteiger partial charge in [-0.1, -0.05) is 30.3 Å². The lowest BCUT2D eigenvalue weighted by molar-refractivity contribution is 0.680. The first-order chi connectivity index (χ1) is 10.2. The molecule has 3 rings (SSSR count). The van der Waals surface area contributed by atoms with Crippen LogP contribution in [0.4, 0.5) is 11.4 Å². The second kappa shape index (κ2) is 5.78. The summed E-state index contributed by atoms with van der Waals surface area (Å²) in [5, 5.41) is 0. The van der Waals surface area contributed by atoms with Crippen LogP contribution in [0.25, 0.3) is 0 Å². The van der Waals surface area contributed by atoms with Crippen molar-refractivity contribution in [3.63, 3.8) is 0 Å². The van der Waals surface area contributed by atoms with Gasteiger partial charge in [-0.05, 0) is 35.7 Å². The Bertz CT molecular complexity index is 609. The minimum Gasteiger partial charge on any atom is -0.374 e. The van der Waals surface area contributed by atoms with Crippen LogP contribution in [-0.4, -0.2) is 27.2 Å². The molecular weight excluding hydrogens is 258 g/mol. The lowest BCUT2D eigenvalue weighted by atomic mass is 10.0. The van der Waals surface area contributed by atoms with Crippen LogP contribution in [0, 0.1) is 0 Å². The van der Waals surface area contributed by atoms with Crippen molar-refractivity contribution in [2.45, 2.75) is 12.5 Å². The van der Waals surface area contributed by atoms with E-state index in [0.29, 0.717) is 6.54 Å². The number of hydrogen-bond acceptors (Lipinski definition) is 3. The summed E-state index contributed by atoms with van der Waals surface area (Å²) in [7, 11) is 4.27. The normalized spacial score (nSPS) is 14.9. The molecule has 2 N–H and O–H groups in total. The summed E-state index contributed by atoms with van der Waals surface area (Å²) in [5.74, 6) is 0. The van der Waals surface area contributed by atoms with Gasteiger partial charge in [-0.15, -0.1) is 0 Å². The molecule has 1 atom stereocenters. The Morgan fingerprint density at radius 2 is 1.95 bits per heavy atom. The summed E-state index contributed by atoms with van der Waals surface area (Å²) in [6.45, 7) is 1.72. The van der Waals surface area contributed by atoms with Gasteiger partial charge in [-0.25, -0.2) is 0 Å². The third kappa shape index (κ3) is 2.61. The van der Waals surface area contributed by atoms with Gasteiger partial charge in [0.15, 0.2) is 0 Å². The van der Waals surface area contributed by atoms with Gasteiger partial charge in [0, 0.05) is 38.6 Å². The zero-order valence-corrected chi connectivity index (χ0v) is 12.8. The Morgan fingerprint density at radius 1 is 1.19 bits per heavy atom. The molecule has 1 heterocycles. The van der Waals surface area contributed by atoms with Crippen LogP contribution in [-0.2, 0) is 6.42 Å². The summed E-state index contributed by atoms with van der Waals surface area (Å²) in [6, 6.07) is 17.4. The molecule has 2 aromatic carbocycles. The van der Waals surface area contributed by atoms with Gasteiger partial charge in [0.05, 0.1) is 6.04 Å². The minimum atomic E-state index is 0.212. The molecule has 0 aliphatic carbocycles. The number of fused-ring (bicyclic) bond motifs is 1. The number of hydrogen-bond donors (Lipinski definition) is 1. The number of nitrogens with zero attached hydrogens (tertiary/aromatic N) is 2. The Morgan fingerprint density at radius 3 is 2.67 bits per heavy atom. The summed E-state index contributed by atoms with van der Waals surface area (Å²) in [5.41, 5.74) is 11.4. The van der Waals surface area contributed by atoms with Gasteiger partial charge >= 0.3 is 0 Å². The SMILES string of the molecule is CN1CCc2cc(C(CN)N(C)c3ccccc3)ccc21.